The summed E-state index contributed by atoms with van der Waals surface area (Å²) in [6.45, 7) is 1.26. The minimum absolute atomic E-state index is 0.112. The summed E-state index contributed by atoms with van der Waals surface area (Å²) < 4.78 is 28.2. The Bertz CT molecular complexity index is 1240. The van der Waals surface area contributed by atoms with Crippen molar-refractivity contribution in [2.24, 2.45) is 11.8 Å². The fourth-order valence-electron chi connectivity index (χ4n) is 5.14. The van der Waals surface area contributed by atoms with Crippen molar-refractivity contribution in [3.8, 4) is 0 Å². The lowest BCUT2D eigenvalue weighted by Gasteiger charge is -2.35. The molecule has 2 amide bonds. The molecule has 9 heteroatoms. The quantitative estimate of drug-likeness (QED) is 0.637. The van der Waals surface area contributed by atoms with Crippen LogP contribution < -0.4 is 10.2 Å². The maximum Gasteiger partial charge on any atom is 0.243 e. The maximum absolute atomic E-state index is 13.4. The number of sulfonamides is 1. The van der Waals surface area contributed by atoms with Gasteiger partial charge in [0, 0.05) is 37.2 Å². The van der Waals surface area contributed by atoms with E-state index in [-0.39, 0.29) is 41.6 Å². The molecule has 1 saturated carbocycles. The number of nitrogens with zero attached hydrogens (tertiary/aromatic N) is 2. The zero-order chi connectivity index (χ0) is 24.6. The van der Waals surface area contributed by atoms with Crippen molar-refractivity contribution in [1.29, 1.82) is 0 Å². The number of piperidine rings is 1. The predicted molar refractivity (Wildman–Crippen MR) is 136 cm³/mol. The van der Waals surface area contributed by atoms with E-state index in [0.717, 1.165) is 43.4 Å². The first-order valence-corrected chi connectivity index (χ1v) is 14.2. The lowest BCUT2D eigenvalue weighted by atomic mass is 9.83. The molecule has 2 aromatic carbocycles. The van der Waals surface area contributed by atoms with Crippen molar-refractivity contribution in [2.75, 3.05) is 29.9 Å². The van der Waals surface area contributed by atoms with E-state index in [1.54, 1.807) is 42.5 Å². The molecular weight excluding hydrogens is 486 g/mol. The van der Waals surface area contributed by atoms with Crippen LogP contribution >= 0.6 is 11.6 Å². The molecular formula is C26H30ClN3O4S. The summed E-state index contributed by atoms with van der Waals surface area (Å²) in [5.41, 5.74) is 2.33. The highest BCUT2D eigenvalue weighted by Gasteiger charge is 2.35. The highest BCUT2D eigenvalue weighted by atomic mass is 35.5. The van der Waals surface area contributed by atoms with Crippen molar-refractivity contribution in [1.82, 2.24) is 4.31 Å². The van der Waals surface area contributed by atoms with Crippen molar-refractivity contribution < 1.29 is 18.0 Å². The fraction of sp³-hybridized carbons (Fsp3) is 0.462. The van der Waals surface area contributed by atoms with Crippen LogP contribution in [0.25, 0.3) is 0 Å². The van der Waals surface area contributed by atoms with E-state index in [2.05, 4.69) is 5.32 Å². The van der Waals surface area contributed by atoms with Gasteiger partial charge in [0.1, 0.15) is 0 Å². The summed E-state index contributed by atoms with van der Waals surface area (Å²) in [6, 6.07) is 12.2. The van der Waals surface area contributed by atoms with Gasteiger partial charge in [0.25, 0.3) is 0 Å². The zero-order valence-corrected chi connectivity index (χ0v) is 21.2. The summed E-state index contributed by atoms with van der Waals surface area (Å²) in [6.07, 6.45) is 5.49. The van der Waals surface area contributed by atoms with Gasteiger partial charge in [-0.25, -0.2) is 8.42 Å². The first-order valence-electron chi connectivity index (χ1n) is 12.3. The molecule has 35 heavy (non-hydrogen) atoms. The number of fused-ring (bicyclic) bond motifs is 1. The highest BCUT2D eigenvalue weighted by molar-refractivity contribution is 7.89. The van der Waals surface area contributed by atoms with Gasteiger partial charge in [-0.2, -0.15) is 4.31 Å². The molecule has 2 fully saturated rings. The Kier molecular flexibility index (Phi) is 6.88. The number of para-hydroxylation sites is 1. The summed E-state index contributed by atoms with van der Waals surface area (Å²) >= 11 is 6.14. The smallest absolute Gasteiger partial charge is 0.243 e. The van der Waals surface area contributed by atoms with Crippen molar-refractivity contribution in [3.63, 3.8) is 0 Å². The third kappa shape index (κ3) is 4.84. The van der Waals surface area contributed by atoms with Crippen LogP contribution in [-0.4, -0.2) is 44.2 Å². The lowest BCUT2D eigenvalue weighted by Crippen LogP contribution is -2.42. The van der Waals surface area contributed by atoms with Gasteiger partial charge in [-0.05, 0) is 74.4 Å². The molecule has 0 spiro atoms. The Balaban J connectivity index is 1.25. The third-order valence-corrected chi connectivity index (χ3v) is 9.71. The minimum Gasteiger partial charge on any atom is -0.325 e. The topological polar surface area (TPSA) is 86.8 Å². The Morgan fingerprint density at radius 2 is 1.66 bits per heavy atom. The van der Waals surface area contributed by atoms with Gasteiger partial charge in [0.05, 0.1) is 15.6 Å². The molecule has 1 N–H and O–H groups in total. The average Bonchev–Trinajstić information content (AvgIpc) is 2.83. The highest BCUT2D eigenvalue weighted by Crippen LogP contribution is 2.36. The number of hydrogen-bond acceptors (Lipinski definition) is 4. The van der Waals surface area contributed by atoms with Gasteiger partial charge < -0.3 is 10.2 Å². The average molecular weight is 516 g/mol. The predicted octanol–water partition coefficient (Wildman–Crippen LogP) is 4.46. The lowest BCUT2D eigenvalue weighted by molar-refractivity contribution is -0.124. The van der Waals surface area contributed by atoms with Crippen molar-refractivity contribution in [3.05, 3.63) is 53.1 Å². The van der Waals surface area contributed by atoms with Gasteiger partial charge in [0.2, 0.25) is 21.8 Å². The molecule has 186 valence electrons. The Morgan fingerprint density at radius 1 is 0.914 bits per heavy atom. The normalized spacial score (nSPS) is 19.6. The number of benzene rings is 2. The van der Waals surface area contributed by atoms with Crippen LogP contribution in [0.3, 0.4) is 0 Å². The summed E-state index contributed by atoms with van der Waals surface area (Å²) in [4.78, 5) is 27.7. The molecule has 7 nitrogen and oxygen atoms in total. The Hall–Kier alpha value is -2.42. The second-order valence-corrected chi connectivity index (χ2v) is 12.0. The molecule has 3 aliphatic rings. The summed E-state index contributed by atoms with van der Waals surface area (Å²) in [5.74, 6) is -0.127. The van der Waals surface area contributed by atoms with Crippen LogP contribution in [0.5, 0.6) is 0 Å². The molecule has 2 heterocycles. The minimum atomic E-state index is -3.68. The first-order chi connectivity index (χ1) is 16.8. The number of hydrogen-bond donors (Lipinski definition) is 1. The van der Waals surface area contributed by atoms with Gasteiger partial charge in [-0.15, -0.1) is 0 Å². The molecule has 1 saturated heterocycles. The van der Waals surface area contributed by atoms with Crippen LogP contribution in [0, 0.1) is 11.8 Å². The van der Waals surface area contributed by atoms with E-state index in [4.69, 9.17) is 11.6 Å². The van der Waals surface area contributed by atoms with E-state index in [1.807, 2.05) is 4.90 Å². The Labute approximate surface area is 211 Å². The number of amides is 2. The van der Waals surface area contributed by atoms with Crippen molar-refractivity contribution >= 4 is 44.8 Å². The monoisotopic (exact) mass is 515 g/mol. The van der Waals surface area contributed by atoms with E-state index in [9.17, 15) is 18.0 Å². The SMILES string of the molecule is O=C(Nc1ccccc1Cl)C1CCN(S(=O)(=O)c2ccc3c(c2)CCCN3C(=O)C2CCC2)CC1. The largest absolute Gasteiger partial charge is 0.325 e. The van der Waals surface area contributed by atoms with E-state index in [0.29, 0.717) is 30.1 Å². The van der Waals surface area contributed by atoms with Crippen LogP contribution in [0.1, 0.15) is 44.1 Å². The zero-order valence-electron chi connectivity index (χ0n) is 19.6. The van der Waals surface area contributed by atoms with Gasteiger partial charge >= 0.3 is 0 Å². The van der Waals surface area contributed by atoms with E-state index in [1.165, 1.54) is 4.31 Å². The second kappa shape index (κ2) is 9.91. The number of carbonyl (C=O) groups excluding carboxylic acids is 2. The van der Waals surface area contributed by atoms with Crippen molar-refractivity contribution in [2.45, 2.75) is 49.8 Å². The molecule has 0 atom stereocenters. The summed E-state index contributed by atoms with van der Waals surface area (Å²) in [5, 5.41) is 3.33. The molecule has 2 aromatic rings. The molecule has 0 radical (unpaired) electrons. The number of anilines is 2. The number of halogens is 1. The number of carbonyl (C=O) groups is 2. The molecule has 2 aliphatic heterocycles. The molecule has 0 aromatic heterocycles. The van der Waals surface area contributed by atoms with Gasteiger partial charge in [-0.1, -0.05) is 30.2 Å². The van der Waals surface area contributed by atoms with Crippen LogP contribution in [0.4, 0.5) is 11.4 Å². The molecule has 1 aliphatic carbocycles. The van der Waals surface area contributed by atoms with Crippen LogP contribution in [-0.2, 0) is 26.0 Å². The van der Waals surface area contributed by atoms with Crippen LogP contribution in [0.15, 0.2) is 47.4 Å². The second-order valence-electron chi connectivity index (χ2n) is 9.66. The molecule has 0 unspecified atom stereocenters. The fourth-order valence-corrected chi connectivity index (χ4v) is 6.85. The Morgan fingerprint density at radius 3 is 2.34 bits per heavy atom. The van der Waals surface area contributed by atoms with Gasteiger partial charge in [0.15, 0.2) is 0 Å². The van der Waals surface area contributed by atoms with E-state index < -0.39 is 10.0 Å². The molecule has 0 bridgehead atoms. The maximum atomic E-state index is 13.4. The third-order valence-electron chi connectivity index (χ3n) is 7.48. The first kappa shape index (κ1) is 24.3. The van der Waals surface area contributed by atoms with Gasteiger partial charge in [-0.3, -0.25) is 9.59 Å². The number of rotatable bonds is 5. The van der Waals surface area contributed by atoms with E-state index >= 15 is 0 Å². The number of aryl methyl sites for hydroxylation is 1. The standard InChI is InChI=1S/C26H30ClN3O4S/c27-22-8-1-2-9-23(22)28-25(31)18-12-15-29(16-13-18)35(33,34)21-10-11-24-20(17-21)7-4-14-30(24)26(32)19-5-3-6-19/h1-2,8-11,17-19H,3-7,12-16H2,(H,28,31). The number of nitrogens with one attached hydrogen (secondary N) is 1. The summed E-state index contributed by atoms with van der Waals surface area (Å²) in [7, 11) is -3.68. The molecule has 5 rings (SSSR count). The van der Waals surface area contributed by atoms with Crippen LogP contribution in [0.2, 0.25) is 5.02 Å².